The summed E-state index contributed by atoms with van der Waals surface area (Å²) >= 11 is 0. The van der Waals surface area contributed by atoms with Crippen molar-refractivity contribution in [2.24, 2.45) is 0 Å². The Morgan fingerprint density at radius 2 is 0.792 bits per heavy atom. The average molecular weight is 1100 g/mol. The Balaban J connectivity index is 5.11. The van der Waals surface area contributed by atoms with Crippen LogP contribution in [0.1, 0.15) is 316 Å². The number of allylic oxidation sites excluding steroid dienone is 7. The van der Waals surface area contributed by atoms with E-state index in [1.165, 1.54) is 205 Å². The lowest BCUT2D eigenvalue weighted by Crippen LogP contribution is -2.47. The van der Waals surface area contributed by atoms with Crippen molar-refractivity contribution < 1.29 is 37.3 Å². The van der Waals surface area contributed by atoms with Gasteiger partial charge in [0.2, 0.25) is 5.91 Å². The molecule has 0 aromatic rings. The van der Waals surface area contributed by atoms with Crippen molar-refractivity contribution in [3.63, 3.8) is 0 Å². The van der Waals surface area contributed by atoms with Crippen molar-refractivity contribution >= 4 is 19.7 Å². The van der Waals surface area contributed by atoms with E-state index in [0.717, 1.165) is 77.0 Å². The number of quaternary nitrogens is 1. The van der Waals surface area contributed by atoms with Gasteiger partial charge < -0.3 is 28.5 Å². The van der Waals surface area contributed by atoms with Crippen molar-refractivity contribution in [3.05, 3.63) is 48.6 Å². The lowest BCUT2D eigenvalue weighted by molar-refractivity contribution is -0.870. The number of likely N-dealkylation sites (N-methyl/N-ethyl adjacent to an activating group) is 1. The molecular weight excluding hydrogens is 976 g/mol. The first kappa shape index (κ1) is 75.0. The van der Waals surface area contributed by atoms with Gasteiger partial charge in [0.1, 0.15) is 19.3 Å². The van der Waals surface area contributed by atoms with Gasteiger partial charge in [-0.2, -0.15) is 0 Å². The molecule has 0 fully saturated rings. The number of phosphoric ester groups is 1. The quantitative estimate of drug-likeness (QED) is 0.0212. The summed E-state index contributed by atoms with van der Waals surface area (Å²) in [6.45, 7) is 6.84. The van der Waals surface area contributed by atoms with Crippen LogP contribution in [0.15, 0.2) is 48.6 Å². The average Bonchev–Trinajstić information content (AvgIpc) is 3.39. The summed E-state index contributed by atoms with van der Waals surface area (Å²) in [5.74, 6) is -0.533. The number of hydrogen-bond donors (Lipinski definition) is 1. The highest BCUT2D eigenvalue weighted by Crippen LogP contribution is 2.38. The Morgan fingerprint density at radius 1 is 0.455 bits per heavy atom. The van der Waals surface area contributed by atoms with Gasteiger partial charge in [-0.15, -0.1) is 0 Å². The van der Waals surface area contributed by atoms with E-state index in [1.807, 2.05) is 33.3 Å². The van der Waals surface area contributed by atoms with E-state index < -0.39 is 20.0 Å². The normalized spacial score (nSPS) is 13.9. The molecule has 3 unspecified atom stereocenters. The Kier molecular flexibility index (Phi) is 55.7. The fraction of sp³-hybridized carbons (Fsp3) is 0.851. The molecule has 0 aromatic carbocycles. The zero-order chi connectivity index (χ0) is 56.4. The predicted molar refractivity (Wildman–Crippen MR) is 330 cm³/mol. The second-order valence-electron chi connectivity index (χ2n) is 23.6. The van der Waals surface area contributed by atoms with Crippen molar-refractivity contribution in [1.82, 2.24) is 5.32 Å². The maximum atomic E-state index is 13.6. The van der Waals surface area contributed by atoms with E-state index in [1.54, 1.807) is 0 Å². The van der Waals surface area contributed by atoms with Crippen LogP contribution in [0.3, 0.4) is 0 Å². The van der Waals surface area contributed by atoms with Crippen LogP contribution in [-0.2, 0) is 27.9 Å². The minimum absolute atomic E-state index is 0.0218. The van der Waals surface area contributed by atoms with Crippen LogP contribution in [0.4, 0.5) is 0 Å². The molecular formula is C67H127N2O7P. The molecule has 0 radical (unpaired) electrons. The summed E-state index contributed by atoms with van der Waals surface area (Å²) in [5.41, 5.74) is 0. The number of nitrogens with one attached hydrogen (secondary N) is 1. The Labute approximate surface area is 478 Å². The Hall–Kier alpha value is -2.03. The molecule has 0 saturated carbocycles. The molecule has 10 heteroatoms. The summed E-state index contributed by atoms with van der Waals surface area (Å²) in [6.07, 6.45) is 70.8. The van der Waals surface area contributed by atoms with Crippen molar-refractivity contribution in [2.75, 3.05) is 40.9 Å². The molecule has 0 rings (SSSR count). The van der Waals surface area contributed by atoms with Crippen LogP contribution in [0.25, 0.3) is 0 Å². The molecule has 0 aliphatic heterocycles. The van der Waals surface area contributed by atoms with E-state index in [2.05, 4.69) is 62.5 Å². The smallest absolute Gasteiger partial charge is 0.306 e. The molecule has 0 saturated heterocycles. The molecule has 0 spiro atoms. The standard InChI is InChI=1S/C67H127N2O7P/c1-7-10-13-16-19-22-25-27-29-31-32-33-34-35-36-38-39-41-44-47-50-53-56-59-66(70)68-64(63-75-77(72,73)74-62-61-69(4,5)6)65(58-55-52-49-46-43-24-21-18-15-12-9-3)76-67(71)60-57-54-51-48-45-42-40-37-30-28-26-23-20-17-14-11-8-2/h19,22,27,29,32-33,55,58,64-65H,7-18,20-21,23-26,28,30-31,34-54,56-57,59-63H2,1-6H3,(H-,68,70,72,73)/b22-19-,29-27-,33-32-,58-55-. The van der Waals surface area contributed by atoms with Crippen LogP contribution >= 0.6 is 7.82 Å². The molecule has 77 heavy (non-hydrogen) atoms. The summed E-state index contributed by atoms with van der Waals surface area (Å²) in [4.78, 5) is 40.0. The number of unbranched alkanes of at least 4 members (excludes halogenated alkanes) is 38. The van der Waals surface area contributed by atoms with Gasteiger partial charge in [-0.3, -0.25) is 14.2 Å². The lowest BCUT2D eigenvalue weighted by atomic mass is 10.0. The van der Waals surface area contributed by atoms with Gasteiger partial charge in [-0.05, 0) is 70.3 Å². The fourth-order valence-electron chi connectivity index (χ4n) is 9.65. The number of ether oxygens (including phenoxy) is 1. The van der Waals surface area contributed by atoms with Crippen molar-refractivity contribution in [2.45, 2.75) is 328 Å². The van der Waals surface area contributed by atoms with Gasteiger partial charge in [-0.1, -0.05) is 282 Å². The van der Waals surface area contributed by atoms with Crippen LogP contribution in [-0.4, -0.2) is 69.4 Å². The first-order chi connectivity index (χ1) is 37.4. The third kappa shape index (κ3) is 58.4. The number of phosphoric acid groups is 1. The Morgan fingerprint density at radius 3 is 1.21 bits per heavy atom. The van der Waals surface area contributed by atoms with Crippen molar-refractivity contribution in [3.8, 4) is 0 Å². The summed E-state index contributed by atoms with van der Waals surface area (Å²) in [6, 6.07) is -0.888. The second kappa shape index (κ2) is 57.2. The SMILES string of the molecule is CCCCC/C=C\C/C=C\C/C=C\CCCCCCCCCCCCC(=O)NC(COP(=O)([O-])OCC[N+](C)(C)C)C(/C=C\CCCCCCCCCCC)OC(=O)CCCCCCCCCCCCCCCCCCC. The minimum Gasteiger partial charge on any atom is -0.756 e. The molecule has 1 amide bonds. The molecule has 452 valence electrons. The molecule has 0 heterocycles. The fourth-order valence-corrected chi connectivity index (χ4v) is 10.4. The highest BCUT2D eigenvalue weighted by atomic mass is 31.2. The lowest BCUT2D eigenvalue weighted by Gasteiger charge is -2.30. The van der Waals surface area contributed by atoms with Gasteiger partial charge >= 0.3 is 5.97 Å². The van der Waals surface area contributed by atoms with Crippen LogP contribution in [0.5, 0.6) is 0 Å². The largest absolute Gasteiger partial charge is 0.756 e. The number of hydrogen-bond acceptors (Lipinski definition) is 7. The van der Waals surface area contributed by atoms with E-state index in [0.29, 0.717) is 17.4 Å². The zero-order valence-electron chi connectivity index (χ0n) is 51.7. The molecule has 1 N–H and O–H groups in total. The monoisotopic (exact) mass is 1100 g/mol. The topological polar surface area (TPSA) is 114 Å². The highest BCUT2D eigenvalue weighted by molar-refractivity contribution is 7.45. The van der Waals surface area contributed by atoms with Crippen molar-refractivity contribution in [1.29, 1.82) is 0 Å². The molecule has 9 nitrogen and oxygen atoms in total. The number of carbonyl (C=O) groups is 2. The van der Waals surface area contributed by atoms with Gasteiger partial charge in [0.05, 0.1) is 33.8 Å². The summed E-state index contributed by atoms with van der Waals surface area (Å²) in [7, 11) is 1.19. The van der Waals surface area contributed by atoms with Gasteiger partial charge in [0.15, 0.2) is 0 Å². The molecule has 3 atom stereocenters. The first-order valence-corrected chi connectivity index (χ1v) is 34.4. The van der Waals surface area contributed by atoms with Crippen LogP contribution in [0.2, 0.25) is 0 Å². The molecule has 0 bridgehead atoms. The first-order valence-electron chi connectivity index (χ1n) is 32.9. The van der Waals surface area contributed by atoms with Gasteiger partial charge in [0, 0.05) is 12.8 Å². The number of carbonyl (C=O) groups excluding carboxylic acids is 2. The van der Waals surface area contributed by atoms with E-state index in [9.17, 15) is 19.0 Å². The molecule has 0 aromatic heterocycles. The maximum absolute atomic E-state index is 13.6. The summed E-state index contributed by atoms with van der Waals surface area (Å²) in [5, 5.41) is 3.04. The van der Waals surface area contributed by atoms with Gasteiger partial charge in [-0.25, -0.2) is 0 Å². The highest BCUT2D eigenvalue weighted by Gasteiger charge is 2.27. The number of amides is 1. The number of rotatable bonds is 60. The third-order valence-corrected chi connectivity index (χ3v) is 15.7. The zero-order valence-corrected chi connectivity index (χ0v) is 52.6. The molecule has 0 aliphatic rings. The predicted octanol–water partition coefficient (Wildman–Crippen LogP) is 19.8. The van der Waals surface area contributed by atoms with Crippen LogP contribution in [0, 0.1) is 0 Å². The van der Waals surface area contributed by atoms with E-state index >= 15 is 0 Å². The minimum atomic E-state index is -4.70. The number of nitrogens with zero attached hydrogens (tertiary/aromatic N) is 1. The maximum Gasteiger partial charge on any atom is 0.306 e. The van der Waals surface area contributed by atoms with E-state index in [-0.39, 0.29) is 31.5 Å². The van der Waals surface area contributed by atoms with Gasteiger partial charge in [0.25, 0.3) is 7.82 Å². The van der Waals surface area contributed by atoms with E-state index in [4.69, 9.17) is 13.8 Å². The Bertz CT molecular complexity index is 1460. The number of esters is 1. The molecule has 0 aliphatic carbocycles. The summed E-state index contributed by atoms with van der Waals surface area (Å²) < 4.78 is 30.4. The van der Waals surface area contributed by atoms with Crippen LogP contribution < -0.4 is 10.2 Å². The second-order valence-corrected chi connectivity index (χ2v) is 25.0. The third-order valence-electron chi connectivity index (χ3n) is 14.8.